The van der Waals surface area contributed by atoms with E-state index in [-0.39, 0.29) is 23.5 Å². The van der Waals surface area contributed by atoms with E-state index in [4.69, 9.17) is 28.4 Å². The van der Waals surface area contributed by atoms with Gasteiger partial charge in [0, 0.05) is 13.0 Å². The van der Waals surface area contributed by atoms with Crippen LogP contribution in [0.5, 0.6) is 0 Å². The average Bonchev–Trinajstić information content (AvgIpc) is 2.73. The standard InChI is InChI=1S/C24H42O6Si/c1-24(2,3)31(5,6)29-19-22(26-16-17-28-23-14-10-11-15-27-23)21(30-25-4)18-20-12-8-7-9-13-20/h7-9,12-13,21-23H,10-11,14-19H2,1-6H3/t21?,22-,23?/m0/s1. The third-order valence-corrected chi connectivity index (χ3v) is 10.7. The Morgan fingerprint density at radius 3 is 2.42 bits per heavy atom. The number of hydrogen-bond donors (Lipinski definition) is 0. The van der Waals surface area contributed by atoms with Gasteiger partial charge in [-0.15, -0.1) is 0 Å². The molecule has 1 aliphatic rings. The second-order valence-corrected chi connectivity index (χ2v) is 14.4. The summed E-state index contributed by atoms with van der Waals surface area (Å²) in [5, 5.41) is 0.121. The summed E-state index contributed by atoms with van der Waals surface area (Å²) < 4.78 is 24.2. The molecule has 3 atom stereocenters. The fourth-order valence-corrected chi connectivity index (χ4v) is 4.20. The quantitative estimate of drug-likeness (QED) is 0.178. The first-order chi connectivity index (χ1) is 14.7. The van der Waals surface area contributed by atoms with Gasteiger partial charge in [0.2, 0.25) is 0 Å². The van der Waals surface area contributed by atoms with Gasteiger partial charge in [-0.25, -0.2) is 9.78 Å². The molecule has 0 amide bonds. The van der Waals surface area contributed by atoms with Gasteiger partial charge in [-0.05, 0) is 43.0 Å². The summed E-state index contributed by atoms with van der Waals surface area (Å²) in [6.45, 7) is 13.4. The van der Waals surface area contributed by atoms with Crippen LogP contribution in [0.2, 0.25) is 18.1 Å². The maximum absolute atomic E-state index is 6.48. The first kappa shape index (κ1) is 26.4. The van der Waals surface area contributed by atoms with Crippen LogP contribution in [0.3, 0.4) is 0 Å². The van der Waals surface area contributed by atoms with Gasteiger partial charge in [-0.3, -0.25) is 0 Å². The van der Waals surface area contributed by atoms with Gasteiger partial charge < -0.3 is 18.6 Å². The number of ether oxygens (including phenoxy) is 3. The molecule has 2 rings (SSSR count). The molecule has 0 saturated carbocycles. The Kier molecular flexibility index (Phi) is 11.1. The lowest BCUT2D eigenvalue weighted by Crippen LogP contribution is -2.46. The van der Waals surface area contributed by atoms with Crippen molar-refractivity contribution >= 4 is 8.32 Å². The van der Waals surface area contributed by atoms with Gasteiger partial charge in [0.15, 0.2) is 14.6 Å². The predicted molar refractivity (Wildman–Crippen MR) is 124 cm³/mol. The highest BCUT2D eigenvalue weighted by Crippen LogP contribution is 2.36. The minimum absolute atomic E-state index is 0.116. The van der Waals surface area contributed by atoms with Crippen molar-refractivity contribution in [1.29, 1.82) is 0 Å². The van der Waals surface area contributed by atoms with Crippen LogP contribution in [0.25, 0.3) is 0 Å². The smallest absolute Gasteiger partial charge is 0.192 e. The molecule has 0 N–H and O–H groups in total. The summed E-state index contributed by atoms with van der Waals surface area (Å²) in [4.78, 5) is 10.7. The molecule has 0 aliphatic carbocycles. The van der Waals surface area contributed by atoms with Crippen molar-refractivity contribution in [3.8, 4) is 0 Å². The van der Waals surface area contributed by atoms with Crippen molar-refractivity contribution in [2.45, 2.75) is 83.1 Å². The van der Waals surface area contributed by atoms with Crippen LogP contribution in [-0.2, 0) is 34.8 Å². The molecule has 178 valence electrons. The van der Waals surface area contributed by atoms with Crippen LogP contribution < -0.4 is 0 Å². The first-order valence-corrected chi connectivity index (χ1v) is 14.4. The molecular formula is C24H42O6Si. The topological polar surface area (TPSA) is 55.4 Å². The average molecular weight is 455 g/mol. The fourth-order valence-electron chi connectivity index (χ4n) is 3.19. The third-order valence-electron chi connectivity index (χ3n) is 6.19. The first-order valence-electron chi connectivity index (χ1n) is 11.4. The number of benzene rings is 1. The summed E-state index contributed by atoms with van der Waals surface area (Å²) >= 11 is 0. The highest BCUT2D eigenvalue weighted by molar-refractivity contribution is 6.74. The predicted octanol–water partition coefficient (Wildman–Crippen LogP) is 5.13. The monoisotopic (exact) mass is 454 g/mol. The molecule has 0 aromatic heterocycles. The molecule has 1 aromatic rings. The van der Waals surface area contributed by atoms with Crippen molar-refractivity contribution in [2.24, 2.45) is 0 Å². The Labute approximate surface area is 189 Å². The van der Waals surface area contributed by atoms with Crippen molar-refractivity contribution in [3.63, 3.8) is 0 Å². The molecule has 1 aliphatic heterocycles. The maximum atomic E-state index is 6.48. The van der Waals surface area contributed by atoms with E-state index in [0.29, 0.717) is 26.2 Å². The van der Waals surface area contributed by atoms with Gasteiger partial charge in [0.1, 0.15) is 12.2 Å². The van der Waals surface area contributed by atoms with E-state index < -0.39 is 8.32 Å². The van der Waals surface area contributed by atoms with Crippen LogP contribution in [0.15, 0.2) is 30.3 Å². The Morgan fingerprint density at radius 2 is 1.81 bits per heavy atom. The zero-order valence-corrected chi connectivity index (χ0v) is 21.2. The molecule has 0 radical (unpaired) electrons. The number of rotatable bonds is 13. The normalized spacial score (nSPS) is 19.9. The molecule has 1 fully saturated rings. The van der Waals surface area contributed by atoms with Gasteiger partial charge in [-0.2, -0.15) is 0 Å². The summed E-state index contributed by atoms with van der Waals surface area (Å²) in [5.41, 5.74) is 1.16. The molecular weight excluding hydrogens is 412 g/mol. The molecule has 1 aromatic carbocycles. The third kappa shape index (κ3) is 9.30. The minimum atomic E-state index is -1.93. The van der Waals surface area contributed by atoms with Gasteiger partial charge in [0.05, 0.1) is 26.9 Å². The van der Waals surface area contributed by atoms with Crippen LogP contribution >= 0.6 is 0 Å². The Hall–Kier alpha value is -0.803. The van der Waals surface area contributed by atoms with E-state index in [1.165, 1.54) is 7.11 Å². The van der Waals surface area contributed by atoms with Crippen molar-refractivity contribution in [1.82, 2.24) is 0 Å². The molecule has 1 heterocycles. The van der Waals surface area contributed by atoms with Crippen LogP contribution in [0.4, 0.5) is 0 Å². The Morgan fingerprint density at radius 1 is 1.06 bits per heavy atom. The Balaban J connectivity index is 1.99. The second kappa shape index (κ2) is 13.0. The highest BCUT2D eigenvalue weighted by atomic mass is 28.4. The van der Waals surface area contributed by atoms with Gasteiger partial charge in [0.25, 0.3) is 0 Å². The van der Waals surface area contributed by atoms with Crippen molar-refractivity contribution in [3.05, 3.63) is 35.9 Å². The highest BCUT2D eigenvalue weighted by Gasteiger charge is 2.38. The van der Waals surface area contributed by atoms with Crippen molar-refractivity contribution in [2.75, 3.05) is 33.5 Å². The fraction of sp³-hybridized carbons (Fsp3) is 0.750. The van der Waals surface area contributed by atoms with E-state index in [2.05, 4.69) is 46.0 Å². The largest absolute Gasteiger partial charge is 0.414 e. The molecule has 0 bridgehead atoms. The summed E-state index contributed by atoms with van der Waals surface area (Å²) in [6, 6.07) is 10.2. The minimum Gasteiger partial charge on any atom is -0.414 e. The maximum Gasteiger partial charge on any atom is 0.192 e. The zero-order valence-electron chi connectivity index (χ0n) is 20.2. The number of hydrogen-bond acceptors (Lipinski definition) is 6. The molecule has 0 spiro atoms. The van der Waals surface area contributed by atoms with E-state index >= 15 is 0 Å². The van der Waals surface area contributed by atoms with E-state index in [1.807, 2.05) is 18.2 Å². The van der Waals surface area contributed by atoms with Crippen LogP contribution in [0, 0.1) is 0 Å². The molecule has 7 heteroatoms. The molecule has 31 heavy (non-hydrogen) atoms. The van der Waals surface area contributed by atoms with Crippen molar-refractivity contribution < 1.29 is 28.4 Å². The lowest BCUT2D eigenvalue weighted by Gasteiger charge is -2.38. The van der Waals surface area contributed by atoms with Gasteiger partial charge in [-0.1, -0.05) is 51.1 Å². The molecule has 6 nitrogen and oxygen atoms in total. The molecule has 1 saturated heterocycles. The Bertz CT molecular complexity index is 598. The molecule has 2 unspecified atom stereocenters. The summed E-state index contributed by atoms with van der Waals surface area (Å²) in [5.74, 6) is 0. The van der Waals surface area contributed by atoms with E-state index in [0.717, 1.165) is 31.4 Å². The van der Waals surface area contributed by atoms with Crippen LogP contribution in [0.1, 0.15) is 45.6 Å². The SMILES string of the molecule is COOC(Cc1ccccc1)[C@H](CO[Si](C)(C)C(C)(C)C)OCCOC1CCCCO1. The van der Waals surface area contributed by atoms with Gasteiger partial charge >= 0.3 is 0 Å². The summed E-state index contributed by atoms with van der Waals surface area (Å²) in [7, 11) is -0.395. The van der Waals surface area contributed by atoms with E-state index in [9.17, 15) is 0 Å². The zero-order chi connectivity index (χ0) is 22.7. The summed E-state index contributed by atoms with van der Waals surface area (Å²) in [6.07, 6.45) is 3.20. The van der Waals surface area contributed by atoms with E-state index in [1.54, 1.807) is 0 Å². The van der Waals surface area contributed by atoms with Crippen LogP contribution in [-0.4, -0.2) is 60.4 Å². The lowest BCUT2D eigenvalue weighted by molar-refractivity contribution is -0.325. The lowest BCUT2D eigenvalue weighted by atomic mass is 10.0. The second-order valence-electron chi connectivity index (χ2n) is 9.64.